The molecular weight excluding hydrogens is 397 g/mol. The Hall–Kier alpha value is -2.57. The molecule has 0 aliphatic rings. The van der Waals surface area contributed by atoms with E-state index in [1.54, 1.807) is 30.0 Å². The number of aromatic nitrogens is 3. The molecule has 4 nitrogen and oxygen atoms in total. The second-order valence-electron chi connectivity index (χ2n) is 5.83. The lowest BCUT2D eigenvalue weighted by Gasteiger charge is -2.05. The Kier molecular flexibility index (Phi) is 4.53. The second kappa shape index (κ2) is 6.97. The van der Waals surface area contributed by atoms with Crippen molar-refractivity contribution in [1.82, 2.24) is 14.6 Å². The van der Waals surface area contributed by atoms with Crippen molar-refractivity contribution < 1.29 is 9.13 Å². The van der Waals surface area contributed by atoms with E-state index in [2.05, 4.69) is 20.9 Å². The average molecular weight is 412 g/mol. The Balaban J connectivity index is 1.96. The SMILES string of the molecule is COCc1nn2c(-c3ccc(F)cc3)ccnc2c1-c1ccc(Br)cc1. The van der Waals surface area contributed by atoms with Crippen LogP contribution in [0.5, 0.6) is 0 Å². The van der Waals surface area contributed by atoms with Crippen LogP contribution in [0.1, 0.15) is 5.69 Å². The molecule has 130 valence electrons. The first kappa shape index (κ1) is 16.9. The van der Waals surface area contributed by atoms with Crippen molar-refractivity contribution in [2.24, 2.45) is 0 Å². The van der Waals surface area contributed by atoms with Crippen LogP contribution in [0.15, 0.2) is 65.3 Å². The van der Waals surface area contributed by atoms with Crippen LogP contribution in [-0.2, 0) is 11.3 Å². The molecule has 2 aromatic heterocycles. The van der Waals surface area contributed by atoms with Crippen molar-refractivity contribution in [3.63, 3.8) is 0 Å². The minimum atomic E-state index is -0.268. The van der Waals surface area contributed by atoms with Crippen LogP contribution < -0.4 is 0 Å². The number of hydrogen-bond donors (Lipinski definition) is 0. The zero-order valence-corrected chi connectivity index (χ0v) is 15.6. The molecule has 0 saturated carbocycles. The number of ether oxygens (including phenoxy) is 1. The van der Waals surface area contributed by atoms with Gasteiger partial charge in [-0.25, -0.2) is 13.9 Å². The predicted molar refractivity (Wildman–Crippen MR) is 102 cm³/mol. The largest absolute Gasteiger partial charge is 0.378 e. The van der Waals surface area contributed by atoms with Gasteiger partial charge in [-0.1, -0.05) is 28.1 Å². The molecule has 0 N–H and O–H groups in total. The molecule has 0 unspecified atom stereocenters. The normalized spacial score (nSPS) is 11.2. The number of nitrogens with zero attached hydrogens (tertiary/aromatic N) is 3. The van der Waals surface area contributed by atoms with Crippen molar-refractivity contribution in [1.29, 1.82) is 0 Å². The molecule has 0 saturated heterocycles. The molecule has 4 aromatic rings. The molecular formula is C20H15BrFN3O. The van der Waals surface area contributed by atoms with Crippen molar-refractivity contribution in [3.8, 4) is 22.4 Å². The molecule has 0 bridgehead atoms. The first-order valence-electron chi connectivity index (χ1n) is 8.05. The number of fused-ring (bicyclic) bond motifs is 1. The van der Waals surface area contributed by atoms with Crippen molar-refractivity contribution in [2.75, 3.05) is 7.11 Å². The number of benzene rings is 2. The van der Waals surface area contributed by atoms with E-state index < -0.39 is 0 Å². The summed E-state index contributed by atoms with van der Waals surface area (Å²) >= 11 is 3.46. The lowest BCUT2D eigenvalue weighted by Crippen LogP contribution is -1.96. The Labute approximate surface area is 158 Å². The zero-order chi connectivity index (χ0) is 18.1. The Morgan fingerprint density at radius 3 is 2.38 bits per heavy atom. The summed E-state index contributed by atoms with van der Waals surface area (Å²) in [5.41, 5.74) is 5.20. The summed E-state index contributed by atoms with van der Waals surface area (Å²) in [4.78, 5) is 4.55. The van der Waals surface area contributed by atoms with E-state index in [0.29, 0.717) is 6.61 Å². The number of halogens is 2. The zero-order valence-electron chi connectivity index (χ0n) is 14.0. The fourth-order valence-corrected chi connectivity index (χ4v) is 3.24. The van der Waals surface area contributed by atoms with Gasteiger partial charge in [-0.3, -0.25) is 0 Å². The highest BCUT2D eigenvalue weighted by atomic mass is 79.9. The molecule has 0 aliphatic heterocycles. The van der Waals surface area contributed by atoms with Gasteiger partial charge in [0.2, 0.25) is 0 Å². The van der Waals surface area contributed by atoms with E-state index in [1.807, 2.05) is 30.3 Å². The summed E-state index contributed by atoms with van der Waals surface area (Å²) in [7, 11) is 1.64. The first-order chi connectivity index (χ1) is 12.7. The second-order valence-corrected chi connectivity index (χ2v) is 6.75. The molecule has 0 amide bonds. The smallest absolute Gasteiger partial charge is 0.163 e. The summed E-state index contributed by atoms with van der Waals surface area (Å²) in [5.74, 6) is -0.268. The predicted octanol–water partition coefficient (Wildman–Crippen LogP) is 5.11. The van der Waals surface area contributed by atoms with Crippen molar-refractivity contribution >= 4 is 21.6 Å². The Morgan fingerprint density at radius 2 is 1.69 bits per heavy atom. The van der Waals surface area contributed by atoms with Crippen molar-refractivity contribution in [2.45, 2.75) is 6.61 Å². The molecule has 4 rings (SSSR count). The topological polar surface area (TPSA) is 39.4 Å². The fraction of sp³-hybridized carbons (Fsp3) is 0.100. The summed E-state index contributed by atoms with van der Waals surface area (Å²) in [6.45, 7) is 0.373. The highest BCUT2D eigenvalue weighted by Gasteiger charge is 2.18. The third kappa shape index (κ3) is 3.02. The van der Waals surface area contributed by atoms with Gasteiger partial charge in [-0.2, -0.15) is 5.10 Å². The highest BCUT2D eigenvalue weighted by Crippen LogP contribution is 2.31. The quantitative estimate of drug-likeness (QED) is 0.468. The molecule has 2 heterocycles. The molecule has 0 spiro atoms. The first-order valence-corrected chi connectivity index (χ1v) is 8.84. The average Bonchev–Trinajstić information content (AvgIpc) is 3.02. The maximum Gasteiger partial charge on any atom is 0.163 e. The summed E-state index contributed by atoms with van der Waals surface area (Å²) in [6, 6.07) is 16.2. The van der Waals surface area contributed by atoms with Crippen LogP contribution in [-0.4, -0.2) is 21.7 Å². The molecule has 6 heteroatoms. The van der Waals surface area contributed by atoms with Gasteiger partial charge < -0.3 is 4.74 Å². The van der Waals surface area contributed by atoms with Gasteiger partial charge in [0.05, 0.1) is 23.6 Å². The van der Waals surface area contributed by atoms with E-state index in [9.17, 15) is 4.39 Å². The van der Waals surface area contributed by atoms with Crippen LogP contribution >= 0.6 is 15.9 Å². The molecule has 0 aliphatic carbocycles. The minimum absolute atomic E-state index is 0.268. The van der Waals surface area contributed by atoms with E-state index >= 15 is 0 Å². The van der Waals surface area contributed by atoms with Crippen molar-refractivity contribution in [3.05, 3.63) is 76.8 Å². The summed E-state index contributed by atoms with van der Waals surface area (Å²) in [6.07, 6.45) is 1.74. The van der Waals surface area contributed by atoms with E-state index in [4.69, 9.17) is 9.84 Å². The maximum atomic E-state index is 13.3. The summed E-state index contributed by atoms with van der Waals surface area (Å²) < 4.78 is 21.4. The lowest BCUT2D eigenvalue weighted by molar-refractivity contribution is 0.181. The Morgan fingerprint density at radius 1 is 1.00 bits per heavy atom. The van der Waals surface area contributed by atoms with Gasteiger partial charge >= 0.3 is 0 Å². The van der Waals surface area contributed by atoms with Gasteiger partial charge in [-0.15, -0.1) is 0 Å². The van der Waals surface area contributed by atoms with Crippen LogP contribution in [0.3, 0.4) is 0 Å². The maximum absolute atomic E-state index is 13.3. The van der Waals surface area contributed by atoms with Gasteiger partial charge in [-0.05, 0) is 48.0 Å². The minimum Gasteiger partial charge on any atom is -0.378 e. The lowest BCUT2D eigenvalue weighted by atomic mass is 10.1. The number of methoxy groups -OCH3 is 1. The van der Waals surface area contributed by atoms with Crippen LogP contribution in [0.4, 0.5) is 4.39 Å². The molecule has 0 radical (unpaired) electrons. The van der Waals surface area contributed by atoms with E-state index in [-0.39, 0.29) is 5.82 Å². The third-order valence-electron chi connectivity index (χ3n) is 4.14. The van der Waals surface area contributed by atoms with E-state index in [0.717, 1.165) is 38.2 Å². The van der Waals surface area contributed by atoms with Gasteiger partial charge in [0, 0.05) is 23.3 Å². The molecule has 0 atom stereocenters. The van der Waals surface area contributed by atoms with Gasteiger partial charge in [0.25, 0.3) is 0 Å². The summed E-state index contributed by atoms with van der Waals surface area (Å²) in [5, 5.41) is 4.72. The monoisotopic (exact) mass is 411 g/mol. The Bertz CT molecular complexity index is 1060. The van der Waals surface area contributed by atoms with E-state index in [1.165, 1.54) is 12.1 Å². The van der Waals surface area contributed by atoms with Crippen LogP contribution in [0.2, 0.25) is 0 Å². The van der Waals surface area contributed by atoms with Gasteiger partial charge in [0.15, 0.2) is 5.65 Å². The number of hydrogen-bond acceptors (Lipinski definition) is 3. The van der Waals surface area contributed by atoms with Gasteiger partial charge in [0.1, 0.15) is 5.82 Å². The third-order valence-corrected chi connectivity index (χ3v) is 4.67. The molecule has 26 heavy (non-hydrogen) atoms. The highest BCUT2D eigenvalue weighted by molar-refractivity contribution is 9.10. The molecule has 0 fully saturated rings. The van der Waals surface area contributed by atoms with Crippen LogP contribution in [0.25, 0.3) is 28.0 Å². The number of rotatable bonds is 4. The molecule has 2 aromatic carbocycles. The fourth-order valence-electron chi connectivity index (χ4n) is 2.98. The standard InChI is InChI=1S/C20H15BrFN3O/c1-26-12-17-19(14-2-6-15(21)7-3-14)20-23-11-10-18(25(20)24-17)13-4-8-16(22)9-5-13/h2-11H,12H2,1H3. The van der Waals surface area contributed by atoms with Crippen LogP contribution in [0, 0.1) is 5.82 Å².